The second-order valence-electron chi connectivity index (χ2n) is 5.14. The zero-order valence-corrected chi connectivity index (χ0v) is 13.4. The van der Waals surface area contributed by atoms with Gasteiger partial charge in [0.15, 0.2) is 0 Å². The molecule has 0 bridgehead atoms. The van der Waals surface area contributed by atoms with Gasteiger partial charge in [-0.05, 0) is 23.8 Å². The van der Waals surface area contributed by atoms with Gasteiger partial charge >= 0.3 is 6.09 Å². The SMILES string of the molecule is CN(CC(O)c1cc(O)ccc1Cl)C(=O)OCc1ccccc1. The van der Waals surface area contributed by atoms with Crippen LogP contribution in [0, 0.1) is 0 Å². The molecule has 122 valence electrons. The number of benzene rings is 2. The van der Waals surface area contributed by atoms with E-state index in [0.29, 0.717) is 10.6 Å². The van der Waals surface area contributed by atoms with Crippen molar-refractivity contribution >= 4 is 17.7 Å². The minimum absolute atomic E-state index is 0.00208. The highest BCUT2D eigenvalue weighted by atomic mass is 35.5. The first-order valence-corrected chi connectivity index (χ1v) is 7.43. The summed E-state index contributed by atoms with van der Waals surface area (Å²) in [5.41, 5.74) is 1.24. The number of carbonyl (C=O) groups excluding carboxylic acids is 1. The first-order valence-electron chi connectivity index (χ1n) is 7.05. The van der Waals surface area contributed by atoms with Crippen LogP contribution in [0.5, 0.6) is 5.75 Å². The zero-order valence-electron chi connectivity index (χ0n) is 12.6. The molecule has 0 aromatic heterocycles. The number of carbonyl (C=O) groups is 1. The van der Waals surface area contributed by atoms with Crippen molar-refractivity contribution < 1.29 is 19.7 Å². The highest BCUT2D eigenvalue weighted by Gasteiger charge is 2.18. The molecule has 0 radical (unpaired) electrons. The third-order valence-electron chi connectivity index (χ3n) is 3.30. The van der Waals surface area contributed by atoms with Gasteiger partial charge in [0.25, 0.3) is 0 Å². The molecular weight excluding hydrogens is 318 g/mol. The van der Waals surface area contributed by atoms with Crippen LogP contribution in [0.25, 0.3) is 0 Å². The number of aliphatic hydroxyl groups is 1. The van der Waals surface area contributed by atoms with Crippen molar-refractivity contribution in [1.82, 2.24) is 4.90 Å². The molecule has 2 N–H and O–H groups in total. The van der Waals surface area contributed by atoms with Crippen LogP contribution in [0.2, 0.25) is 5.02 Å². The Morgan fingerprint density at radius 2 is 1.96 bits per heavy atom. The summed E-state index contributed by atoms with van der Waals surface area (Å²) in [7, 11) is 1.52. The first-order chi connectivity index (χ1) is 11.0. The van der Waals surface area contributed by atoms with E-state index in [4.69, 9.17) is 16.3 Å². The molecule has 0 saturated carbocycles. The number of hydrogen-bond donors (Lipinski definition) is 2. The Kier molecular flexibility index (Phi) is 5.84. The molecular formula is C17H18ClNO4. The molecule has 2 aromatic rings. The van der Waals surface area contributed by atoms with Gasteiger partial charge in [-0.3, -0.25) is 0 Å². The number of aromatic hydroxyl groups is 1. The van der Waals surface area contributed by atoms with Crippen molar-refractivity contribution in [3.05, 3.63) is 64.7 Å². The third-order valence-corrected chi connectivity index (χ3v) is 3.65. The molecule has 0 aliphatic heterocycles. The van der Waals surface area contributed by atoms with Crippen molar-refractivity contribution in [2.45, 2.75) is 12.7 Å². The van der Waals surface area contributed by atoms with Crippen LogP contribution in [0.15, 0.2) is 48.5 Å². The van der Waals surface area contributed by atoms with Crippen molar-refractivity contribution in [1.29, 1.82) is 0 Å². The second kappa shape index (κ2) is 7.85. The lowest BCUT2D eigenvalue weighted by Crippen LogP contribution is -2.31. The molecule has 0 aliphatic rings. The summed E-state index contributed by atoms with van der Waals surface area (Å²) in [5, 5.41) is 20.0. The molecule has 0 heterocycles. The summed E-state index contributed by atoms with van der Waals surface area (Å²) in [5.74, 6) is -0.00208. The molecule has 2 aromatic carbocycles. The highest BCUT2D eigenvalue weighted by molar-refractivity contribution is 6.31. The van der Waals surface area contributed by atoms with Crippen LogP contribution < -0.4 is 0 Å². The summed E-state index contributed by atoms with van der Waals surface area (Å²) in [6, 6.07) is 13.6. The maximum absolute atomic E-state index is 11.9. The van der Waals surface area contributed by atoms with E-state index in [2.05, 4.69) is 0 Å². The smallest absolute Gasteiger partial charge is 0.409 e. The highest BCUT2D eigenvalue weighted by Crippen LogP contribution is 2.27. The summed E-state index contributed by atoms with van der Waals surface area (Å²) in [4.78, 5) is 13.2. The quantitative estimate of drug-likeness (QED) is 0.879. The fraction of sp³-hybridized carbons (Fsp3) is 0.235. The Morgan fingerprint density at radius 1 is 1.26 bits per heavy atom. The molecule has 0 spiro atoms. The van der Waals surface area contributed by atoms with Crippen LogP contribution in [0.3, 0.4) is 0 Å². The van der Waals surface area contributed by atoms with Gasteiger partial charge in [-0.1, -0.05) is 41.9 Å². The molecule has 6 heteroatoms. The maximum Gasteiger partial charge on any atom is 0.409 e. The van der Waals surface area contributed by atoms with Gasteiger partial charge in [0.2, 0.25) is 0 Å². The molecule has 1 unspecified atom stereocenters. The predicted octanol–water partition coefficient (Wildman–Crippen LogP) is 3.35. The van der Waals surface area contributed by atoms with Gasteiger partial charge in [-0.15, -0.1) is 0 Å². The van der Waals surface area contributed by atoms with Gasteiger partial charge in [0.05, 0.1) is 12.6 Å². The lowest BCUT2D eigenvalue weighted by Gasteiger charge is -2.21. The molecule has 23 heavy (non-hydrogen) atoms. The van der Waals surface area contributed by atoms with E-state index in [1.807, 2.05) is 30.3 Å². The lowest BCUT2D eigenvalue weighted by atomic mass is 10.1. The van der Waals surface area contributed by atoms with Crippen LogP contribution in [0.1, 0.15) is 17.2 Å². The minimum Gasteiger partial charge on any atom is -0.508 e. The summed E-state index contributed by atoms with van der Waals surface area (Å²) in [6.07, 6.45) is -1.58. The number of halogens is 1. The van der Waals surface area contributed by atoms with E-state index in [9.17, 15) is 15.0 Å². The Bertz CT molecular complexity index is 663. The predicted molar refractivity (Wildman–Crippen MR) is 87.3 cm³/mol. The fourth-order valence-electron chi connectivity index (χ4n) is 2.05. The van der Waals surface area contributed by atoms with Crippen LogP contribution in [0.4, 0.5) is 4.79 Å². The molecule has 0 aliphatic carbocycles. The molecule has 1 amide bonds. The van der Waals surface area contributed by atoms with Gasteiger partial charge in [0, 0.05) is 17.6 Å². The largest absolute Gasteiger partial charge is 0.508 e. The van der Waals surface area contributed by atoms with Crippen LogP contribution >= 0.6 is 11.6 Å². The number of likely N-dealkylation sites (N-methyl/N-ethyl adjacent to an activating group) is 1. The van der Waals surface area contributed by atoms with E-state index in [1.165, 1.54) is 30.1 Å². The number of ether oxygens (including phenoxy) is 1. The van der Waals surface area contributed by atoms with Crippen LogP contribution in [-0.4, -0.2) is 34.8 Å². The normalized spacial score (nSPS) is 11.8. The van der Waals surface area contributed by atoms with Crippen molar-refractivity contribution in [2.24, 2.45) is 0 Å². The number of aliphatic hydroxyl groups excluding tert-OH is 1. The average molecular weight is 336 g/mol. The monoisotopic (exact) mass is 335 g/mol. The van der Waals surface area contributed by atoms with Crippen molar-refractivity contribution in [3.8, 4) is 5.75 Å². The number of phenolic OH excluding ortho intramolecular Hbond substituents is 1. The number of amides is 1. The molecule has 0 fully saturated rings. The Labute approximate surface area is 139 Å². The average Bonchev–Trinajstić information content (AvgIpc) is 2.55. The molecule has 0 saturated heterocycles. The van der Waals surface area contributed by atoms with E-state index in [1.54, 1.807) is 0 Å². The lowest BCUT2D eigenvalue weighted by molar-refractivity contribution is 0.0787. The Balaban J connectivity index is 1.91. The number of phenols is 1. The fourth-order valence-corrected chi connectivity index (χ4v) is 2.29. The molecule has 5 nitrogen and oxygen atoms in total. The Morgan fingerprint density at radius 3 is 2.65 bits per heavy atom. The van der Waals surface area contributed by atoms with Gasteiger partial charge in [0.1, 0.15) is 12.4 Å². The maximum atomic E-state index is 11.9. The van der Waals surface area contributed by atoms with Crippen molar-refractivity contribution in [2.75, 3.05) is 13.6 Å². The third kappa shape index (κ3) is 4.87. The van der Waals surface area contributed by atoms with Gasteiger partial charge < -0.3 is 19.8 Å². The number of hydrogen-bond acceptors (Lipinski definition) is 4. The second-order valence-corrected chi connectivity index (χ2v) is 5.55. The van der Waals surface area contributed by atoms with Crippen molar-refractivity contribution in [3.63, 3.8) is 0 Å². The van der Waals surface area contributed by atoms with Gasteiger partial charge in [-0.2, -0.15) is 0 Å². The first kappa shape index (κ1) is 17.1. The van der Waals surface area contributed by atoms with E-state index in [-0.39, 0.29) is 18.9 Å². The van der Waals surface area contributed by atoms with Gasteiger partial charge in [-0.25, -0.2) is 4.79 Å². The van der Waals surface area contributed by atoms with Crippen LogP contribution in [-0.2, 0) is 11.3 Å². The topological polar surface area (TPSA) is 70.0 Å². The summed E-state index contributed by atoms with van der Waals surface area (Å²) >= 11 is 5.99. The summed E-state index contributed by atoms with van der Waals surface area (Å²) < 4.78 is 5.17. The standard InChI is InChI=1S/C17H18ClNO4/c1-19(17(22)23-11-12-5-3-2-4-6-12)10-16(21)14-9-13(20)7-8-15(14)18/h2-9,16,20-21H,10-11H2,1H3. The Hall–Kier alpha value is -2.24. The van der Waals surface area contributed by atoms with E-state index < -0.39 is 12.2 Å². The van der Waals surface area contributed by atoms with E-state index in [0.717, 1.165) is 5.56 Å². The number of rotatable bonds is 5. The minimum atomic E-state index is -1.02. The number of nitrogens with zero attached hydrogens (tertiary/aromatic N) is 1. The summed E-state index contributed by atoms with van der Waals surface area (Å²) in [6.45, 7) is 0.157. The molecule has 2 rings (SSSR count). The van der Waals surface area contributed by atoms with E-state index >= 15 is 0 Å². The molecule has 1 atom stereocenters. The zero-order chi connectivity index (χ0) is 16.8.